The highest BCUT2D eigenvalue weighted by molar-refractivity contribution is 8.13. The van der Waals surface area contributed by atoms with E-state index < -0.39 is 0 Å². The smallest absolute Gasteiger partial charge is 0.237 e. The molecule has 0 aliphatic rings. The van der Waals surface area contributed by atoms with E-state index in [2.05, 4.69) is 15.1 Å². The van der Waals surface area contributed by atoms with Crippen LogP contribution in [0, 0.1) is 5.41 Å². The Bertz CT molecular complexity index is 429. The van der Waals surface area contributed by atoms with Crippen molar-refractivity contribution >= 4 is 22.9 Å². The summed E-state index contributed by atoms with van der Waals surface area (Å²) >= 11 is 1.12. The second kappa shape index (κ2) is 5.17. The number of hydrogen-bond donors (Lipinski definition) is 3. The standard InChI is InChI=1S/C9H16N6OS/c1-9(2,3)6-13-5(16-15-6)4-17-8(12)14-7(10)11/h4H2,1-3H3,(H5,10,11,12,14). The lowest BCUT2D eigenvalue weighted by Crippen LogP contribution is -2.23. The van der Waals surface area contributed by atoms with Gasteiger partial charge in [0.25, 0.3) is 0 Å². The normalized spacial score (nSPS) is 11.2. The zero-order valence-corrected chi connectivity index (χ0v) is 10.8. The molecule has 0 amide bonds. The van der Waals surface area contributed by atoms with Crippen molar-refractivity contribution in [2.45, 2.75) is 31.9 Å². The lowest BCUT2D eigenvalue weighted by molar-refractivity contribution is 0.373. The van der Waals surface area contributed by atoms with Crippen LogP contribution < -0.4 is 11.5 Å². The first-order valence-corrected chi connectivity index (χ1v) is 5.91. The molecule has 1 heterocycles. The quantitative estimate of drug-likeness (QED) is 0.530. The van der Waals surface area contributed by atoms with Crippen molar-refractivity contribution in [1.29, 1.82) is 5.41 Å². The third kappa shape index (κ3) is 4.43. The maximum atomic E-state index is 7.42. The predicted molar refractivity (Wildman–Crippen MR) is 67.8 cm³/mol. The Morgan fingerprint density at radius 1 is 1.47 bits per heavy atom. The fraction of sp³-hybridized carbons (Fsp3) is 0.556. The van der Waals surface area contributed by atoms with Crippen LogP contribution in [0.15, 0.2) is 9.52 Å². The average Bonchev–Trinajstić information content (AvgIpc) is 2.61. The number of nitrogens with two attached hydrogens (primary N) is 2. The maximum absolute atomic E-state index is 7.42. The van der Waals surface area contributed by atoms with Gasteiger partial charge in [-0.25, -0.2) is 0 Å². The number of rotatable bonds is 2. The molecule has 1 rings (SSSR count). The van der Waals surface area contributed by atoms with E-state index in [0.29, 0.717) is 17.5 Å². The van der Waals surface area contributed by atoms with Crippen LogP contribution in [0.1, 0.15) is 32.5 Å². The summed E-state index contributed by atoms with van der Waals surface area (Å²) in [6.45, 7) is 5.99. The Hall–Kier alpha value is -1.57. The van der Waals surface area contributed by atoms with Gasteiger partial charge < -0.3 is 16.0 Å². The van der Waals surface area contributed by atoms with Crippen LogP contribution in [0.3, 0.4) is 0 Å². The Labute approximate surface area is 104 Å². The van der Waals surface area contributed by atoms with Gasteiger partial charge in [-0.05, 0) is 0 Å². The molecular formula is C9H16N6OS. The minimum absolute atomic E-state index is 0.0144. The highest BCUT2D eigenvalue weighted by Crippen LogP contribution is 2.20. The SMILES string of the molecule is CC(C)(C)c1noc(CSC(=N)N=C(N)N)n1. The molecule has 94 valence electrons. The lowest BCUT2D eigenvalue weighted by atomic mass is 9.96. The highest BCUT2D eigenvalue weighted by Gasteiger charge is 2.20. The number of amidine groups is 1. The number of aromatic nitrogens is 2. The van der Waals surface area contributed by atoms with Crippen molar-refractivity contribution in [2.75, 3.05) is 0 Å². The molecule has 0 bridgehead atoms. The summed E-state index contributed by atoms with van der Waals surface area (Å²) in [6, 6.07) is 0. The molecule has 1 aromatic rings. The number of hydrogen-bond acceptors (Lipinski definition) is 5. The van der Waals surface area contributed by atoms with Crippen LogP contribution in [0.4, 0.5) is 0 Å². The molecule has 0 aliphatic heterocycles. The highest BCUT2D eigenvalue weighted by atomic mass is 32.2. The second-order valence-electron chi connectivity index (χ2n) is 4.39. The van der Waals surface area contributed by atoms with Crippen LogP contribution in [0.25, 0.3) is 0 Å². The largest absolute Gasteiger partial charge is 0.370 e. The van der Waals surface area contributed by atoms with Crippen molar-refractivity contribution in [1.82, 2.24) is 10.1 Å². The summed E-state index contributed by atoms with van der Waals surface area (Å²) in [5.41, 5.74) is 10.1. The van der Waals surface area contributed by atoms with E-state index in [0.717, 1.165) is 11.8 Å². The number of guanidine groups is 1. The molecule has 0 saturated carbocycles. The van der Waals surface area contributed by atoms with E-state index in [1.54, 1.807) is 0 Å². The number of aliphatic imine (C=N–C) groups is 1. The van der Waals surface area contributed by atoms with Crippen LogP contribution in [0.2, 0.25) is 0 Å². The van der Waals surface area contributed by atoms with Gasteiger partial charge in [0.2, 0.25) is 5.89 Å². The molecule has 0 spiro atoms. The average molecular weight is 256 g/mol. The molecule has 17 heavy (non-hydrogen) atoms. The van der Waals surface area contributed by atoms with E-state index in [9.17, 15) is 0 Å². The van der Waals surface area contributed by atoms with Crippen molar-refractivity contribution in [3.8, 4) is 0 Å². The van der Waals surface area contributed by atoms with Crippen LogP contribution >= 0.6 is 11.8 Å². The van der Waals surface area contributed by atoms with Crippen molar-refractivity contribution in [3.05, 3.63) is 11.7 Å². The Balaban J connectivity index is 2.57. The van der Waals surface area contributed by atoms with Crippen molar-refractivity contribution in [3.63, 3.8) is 0 Å². The molecule has 0 unspecified atom stereocenters. The molecule has 0 aliphatic carbocycles. The van der Waals surface area contributed by atoms with E-state index in [1.807, 2.05) is 20.8 Å². The molecule has 0 saturated heterocycles. The molecule has 0 atom stereocenters. The summed E-state index contributed by atoms with van der Waals surface area (Å²) in [6.07, 6.45) is 0. The van der Waals surface area contributed by atoms with Crippen molar-refractivity contribution < 1.29 is 4.52 Å². The molecule has 8 heteroatoms. The molecule has 5 N–H and O–H groups in total. The molecule has 7 nitrogen and oxygen atoms in total. The first-order chi connectivity index (χ1) is 7.79. The molecular weight excluding hydrogens is 240 g/mol. The third-order valence-corrected chi connectivity index (χ3v) is 2.46. The summed E-state index contributed by atoms with van der Waals surface area (Å²) in [5.74, 6) is 1.33. The molecule has 0 radical (unpaired) electrons. The third-order valence-electron chi connectivity index (χ3n) is 1.70. The number of nitrogens with one attached hydrogen (secondary N) is 1. The van der Waals surface area contributed by atoms with Gasteiger partial charge in [-0.2, -0.15) is 9.98 Å². The Kier molecular flexibility index (Phi) is 4.11. The van der Waals surface area contributed by atoms with Crippen LogP contribution in [0.5, 0.6) is 0 Å². The molecule has 1 aromatic heterocycles. The number of thioether (sulfide) groups is 1. The Morgan fingerprint density at radius 2 is 2.12 bits per heavy atom. The topological polar surface area (TPSA) is 127 Å². The lowest BCUT2D eigenvalue weighted by Gasteiger charge is -2.10. The van der Waals surface area contributed by atoms with E-state index in [-0.39, 0.29) is 16.5 Å². The van der Waals surface area contributed by atoms with Crippen LogP contribution in [-0.4, -0.2) is 21.3 Å². The van der Waals surface area contributed by atoms with Gasteiger partial charge >= 0.3 is 0 Å². The second-order valence-corrected chi connectivity index (χ2v) is 5.36. The van der Waals surface area contributed by atoms with Crippen molar-refractivity contribution in [2.24, 2.45) is 16.5 Å². The van der Waals surface area contributed by atoms with Gasteiger partial charge in [0.05, 0.1) is 5.75 Å². The monoisotopic (exact) mass is 256 g/mol. The Morgan fingerprint density at radius 3 is 2.59 bits per heavy atom. The number of nitrogens with zero attached hydrogens (tertiary/aromatic N) is 3. The van der Waals surface area contributed by atoms with Gasteiger partial charge in [-0.15, -0.1) is 0 Å². The fourth-order valence-corrected chi connectivity index (χ4v) is 1.45. The molecule has 0 fully saturated rings. The predicted octanol–water partition coefficient (Wildman–Crippen LogP) is 0.808. The zero-order valence-electron chi connectivity index (χ0n) is 10.0. The first-order valence-electron chi connectivity index (χ1n) is 4.93. The molecule has 0 aromatic carbocycles. The summed E-state index contributed by atoms with van der Waals surface area (Å²) in [5, 5.41) is 11.3. The maximum Gasteiger partial charge on any atom is 0.237 e. The van der Waals surface area contributed by atoms with Gasteiger partial charge in [0, 0.05) is 5.41 Å². The van der Waals surface area contributed by atoms with Gasteiger partial charge in [0.1, 0.15) is 0 Å². The fourth-order valence-electron chi connectivity index (χ4n) is 0.898. The van der Waals surface area contributed by atoms with Gasteiger partial charge in [0.15, 0.2) is 17.0 Å². The van der Waals surface area contributed by atoms with Gasteiger partial charge in [-0.1, -0.05) is 37.7 Å². The van der Waals surface area contributed by atoms with E-state index in [1.165, 1.54) is 0 Å². The van der Waals surface area contributed by atoms with E-state index >= 15 is 0 Å². The summed E-state index contributed by atoms with van der Waals surface area (Å²) in [7, 11) is 0. The van der Waals surface area contributed by atoms with E-state index in [4.69, 9.17) is 21.4 Å². The minimum atomic E-state index is -0.153. The first kappa shape index (κ1) is 13.5. The summed E-state index contributed by atoms with van der Waals surface area (Å²) < 4.78 is 5.06. The minimum Gasteiger partial charge on any atom is -0.370 e. The van der Waals surface area contributed by atoms with Crippen LogP contribution in [-0.2, 0) is 11.2 Å². The summed E-state index contributed by atoms with van der Waals surface area (Å²) in [4.78, 5) is 7.80. The zero-order chi connectivity index (χ0) is 13.1. The van der Waals surface area contributed by atoms with Gasteiger partial charge in [-0.3, -0.25) is 5.41 Å².